The molecule has 336 valence electrons. The standard InChI is InChI=1S/C66H38N2O4/c1-3-15-45(16-4-1)67(47-19-23-51-55-27-39-11-7-9-13-41(39)31-59(55)69-63(51)35-47)49-21-25-53-57-29-43-30-58-54-26-22-50(38-66(54)72-62(58)34-44(43)33-61(57)71-65(53)37-49)68(46-17-5-2-6-18-46)48-20-24-52-56-28-40-12-8-10-14-42(40)32-60(56)70-64(52)36-48/h1-38H. The molecule has 0 spiro atoms. The maximum atomic E-state index is 6.74. The first kappa shape index (κ1) is 39.1. The zero-order valence-electron chi connectivity index (χ0n) is 38.5. The maximum absolute atomic E-state index is 6.74. The monoisotopic (exact) mass is 922 g/mol. The van der Waals surface area contributed by atoms with Crippen molar-refractivity contribution in [2.24, 2.45) is 0 Å². The van der Waals surface area contributed by atoms with E-state index in [1.54, 1.807) is 0 Å². The molecule has 0 aliphatic heterocycles. The molecule has 0 amide bonds. The second-order valence-electron chi connectivity index (χ2n) is 18.9. The van der Waals surface area contributed by atoms with Gasteiger partial charge in [0.05, 0.1) is 0 Å². The molecular formula is C66H38N2O4. The molecule has 0 aliphatic carbocycles. The van der Waals surface area contributed by atoms with Crippen LogP contribution >= 0.6 is 0 Å². The van der Waals surface area contributed by atoms with Crippen LogP contribution in [0.15, 0.2) is 248 Å². The van der Waals surface area contributed by atoms with E-state index in [1.807, 2.05) is 12.1 Å². The van der Waals surface area contributed by atoms with Crippen molar-refractivity contribution in [2.45, 2.75) is 0 Å². The molecule has 0 saturated carbocycles. The van der Waals surface area contributed by atoms with Crippen molar-refractivity contribution < 1.29 is 17.7 Å². The van der Waals surface area contributed by atoms with Gasteiger partial charge in [0.2, 0.25) is 0 Å². The van der Waals surface area contributed by atoms with E-state index in [9.17, 15) is 0 Å². The van der Waals surface area contributed by atoms with Crippen molar-refractivity contribution in [3.05, 3.63) is 231 Å². The second kappa shape index (κ2) is 14.9. The summed E-state index contributed by atoms with van der Waals surface area (Å²) in [6.45, 7) is 0. The van der Waals surface area contributed by atoms with E-state index >= 15 is 0 Å². The fraction of sp³-hybridized carbons (Fsp3) is 0. The largest absolute Gasteiger partial charge is 0.456 e. The topological polar surface area (TPSA) is 59.0 Å². The average Bonchev–Trinajstić information content (AvgIpc) is 4.17. The summed E-state index contributed by atoms with van der Waals surface area (Å²) in [5.41, 5.74) is 12.7. The Balaban J connectivity index is 0.775. The van der Waals surface area contributed by atoms with Crippen molar-refractivity contribution in [3.8, 4) is 0 Å². The fourth-order valence-electron chi connectivity index (χ4n) is 11.3. The maximum Gasteiger partial charge on any atom is 0.137 e. The number of benzene rings is 12. The lowest BCUT2D eigenvalue weighted by Gasteiger charge is -2.25. The molecule has 0 atom stereocenters. The predicted octanol–water partition coefficient (Wildman–Crippen LogP) is 19.7. The van der Waals surface area contributed by atoms with E-state index in [1.165, 1.54) is 10.8 Å². The van der Waals surface area contributed by atoms with Gasteiger partial charge >= 0.3 is 0 Å². The van der Waals surface area contributed by atoms with Crippen LogP contribution in [0, 0.1) is 0 Å². The lowest BCUT2D eigenvalue weighted by molar-refractivity contribution is 0.668. The smallest absolute Gasteiger partial charge is 0.137 e. The van der Waals surface area contributed by atoms with Crippen LogP contribution in [-0.4, -0.2) is 0 Å². The van der Waals surface area contributed by atoms with Crippen LogP contribution in [0.4, 0.5) is 34.1 Å². The van der Waals surface area contributed by atoms with E-state index in [0.717, 1.165) is 143 Å². The number of rotatable bonds is 6. The molecule has 0 saturated heterocycles. The van der Waals surface area contributed by atoms with E-state index in [2.05, 4.69) is 228 Å². The van der Waals surface area contributed by atoms with Gasteiger partial charge < -0.3 is 27.5 Å². The summed E-state index contributed by atoms with van der Waals surface area (Å²) in [6, 6.07) is 81.3. The molecule has 72 heavy (non-hydrogen) atoms. The summed E-state index contributed by atoms with van der Waals surface area (Å²) < 4.78 is 26.6. The van der Waals surface area contributed by atoms with E-state index < -0.39 is 0 Å². The fourth-order valence-corrected chi connectivity index (χ4v) is 11.3. The Bertz CT molecular complexity index is 4580. The number of anilines is 6. The van der Waals surface area contributed by atoms with Crippen molar-refractivity contribution in [3.63, 3.8) is 0 Å². The molecule has 4 aromatic heterocycles. The first-order valence-electron chi connectivity index (χ1n) is 24.3. The van der Waals surface area contributed by atoms with Gasteiger partial charge in [0.25, 0.3) is 0 Å². The minimum absolute atomic E-state index is 0.813. The van der Waals surface area contributed by atoms with Crippen molar-refractivity contribution in [1.82, 2.24) is 0 Å². The number of nitrogens with zero attached hydrogens (tertiary/aromatic N) is 2. The van der Waals surface area contributed by atoms with Crippen LogP contribution in [-0.2, 0) is 0 Å². The molecule has 6 nitrogen and oxygen atoms in total. The Kier molecular flexibility index (Phi) is 8.07. The normalized spacial score (nSPS) is 12.2. The first-order chi connectivity index (χ1) is 35.6. The van der Waals surface area contributed by atoms with Gasteiger partial charge in [-0.15, -0.1) is 0 Å². The highest BCUT2D eigenvalue weighted by atomic mass is 16.3. The molecule has 0 radical (unpaired) electrons. The number of hydrogen-bond acceptors (Lipinski definition) is 6. The Hall–Kier alpha value is -9.78. The van der Waals surface area contributed by atoms with E-state index in [4.69, 9.17) is 17.7 Å². The number of para-hydroxylation sites is 2. The van der Waals surface area contributed by atoms with E-state index in [0.29, 0.717) is 0 Å². The van der Waals surface area contributed by atoms with Crippen LogP contribution in [0.1, 0.15) is 0 Å². The van der Waals surface area contributed by atoms with Crippen LogP contribution in [0.3, 0.4) is 0 Å². The molecule has 16 aromatic rings. The summed E-state index contributed by atoms with van der Waals surface area (Å²) in [4.78, 5) is 4.52. The van der Waals surface area contributed by atoms with Crippen LogP contribution in [0.25, 0.3) is 120 Å². The van der Waals surface area contributed by atoms with Gasteiger partial charge in [-0.1, -0.05) is 84.9 Å². The van der Waals surface area contributed by atoms with E-state index in [-0.39, 0.29) is 0 Å². The third-order valence-corrected chi connectivity index (χ3v) is 14.7. The third kappa shape index (κ3) is 5.96. The van der Waals surface area contributed by atoms with Crippen molar-refractivity contribution in [1.29, 1.82) is 0 Å². The van der Waals surface area contributed by atoms with Gasteiger partial charge in [-0.2, -0.15) is 0 Å². The molecule has 4 heterocycles. The molecular weight excluding hydrogens is 885 g/mol. The lowest BCUT2D eigenvalue weighted by Crippen LogP contribution is -2.09. The Labute approximate surface area is 410 Å². The minimum Gasteiger partial charge on any atom is -0.456 e. The molecule has 6 heteroatoms. The summed E-state index contributed by atoms with van der Waals surface area (Å²) in [5.74, 6) is 0. The molecule has 16 rings (SSSR count). The van der Waals surface area contributed by atoms with Crippen LogP contribution < -0.4 is 9.80 Å². The number of fused-ring (bicyclic) bond motifs is 15. The van der Waals surface area contributed by atoms with Gasteiger partial charge in [0.15, 0.2) is 0 Å². The number of hydrogen-bond donors (Lipinski definition) is 0. The molecule has 12 aromatic carbocycles. The summed E-state index contributed by atoms with van der Waals surface area (Å²) in [7, 11) is 0. The summed E-state index contributed by atoms with van der Waals surface area (Å²) >= 11 is 0. The highest BCUT2D eigenvalue weighted by molar-refractivity contribution is 6.17. The van der Waals surface area contributed by atoms with Gasteiger partial charge in [0.1, 0.15) is 44.7 Å². The second-order valence-corrected chi connectivity index (χ2v) is 18.9. The van der Waals surface area contributed by atoms with Crippen molar-refractivity contribution >= 4 is 154 Å². The van der Waals surface area contributed by atoms with Crippen LogP contribution in [0.2, 0.25) is 0 Å². The average molecular weight is 923 g/mol. The van der Waals surface area contributed by atoms with Gasteiger partial charge in [-0.3, -0.25) is 0 Å². The molecule has 0 N–H and O–H groups in total. The zero-order valence-corrected chi connectivity index (χ0v) is 38.5. The highest BCUT2D eigenvalue weighted by Gasteiger charge is 2.21. The summed E-state index contributed by atoms with van der Waals surface area (Å²) in [6.07, 6.45) is 0. The lowest BCUT2D eigenvalue weighted by atomic mass is 10.0. The first-order valence-corrected chi connectivity index (χ1v) is 24.3. The Morgan fingerprint density at radius 2 is 0.431 bits per heavy atom. The Morgan fingerprint density at radius 3 is 0.764 bits per heavy atom. The molecule has 0 bridgehead atoms. The van der Waals surface area contributed by atoms with Gasteiger partial charge in [-0.25, -0.2) is 0 Å². The quantitative estimate of drug-likeness (QED) is 0.166. The molecule has 0 fully saturated rings. The van der Waals surface area contributed by atoms with Crippen molar-refractivity contribution in [2.75, 3.05) is 9.80 Å². The van der Waals surface area contributed by atoms with Gasteiger partial charge in [-0.05, 0) is 154 Å². The Morgan fingerprint density at radius 1 is 0.181 bits per heavy atom. The number of furan rings is 4. The minimum atomic E-state index is 0.813. The van der Waals surface area contributed by atoms with Crippen LogP contribution in [0.5, 0.6) is 0 Å². The van der Waals surface area contributed by atoms with Gasteiger partial charge in [0, 0.05) is 101 Å². The SMILES string of the molecule is c1ccc(N(c2ccc3c(c2)oc2cc4ccccc4cc23)c2ccc3c(c2)oc2cc4cc5oc6cc(N(c7ccccc7)c7ccc8c(c7)oc7cc9ccccc9cc78)ccc6c5cc4cc23)cc1. The third-order valence-electron chi connectivity index (χ3n) is 14.7. The molecule has 0 unspecified atom stereocenters. The highest BCUT2D eigenvalue weighted by Crippen LogP contribution is 2.45. The summed E-state index contributed by atoms with van der Waals surface area (Å²) in [5, 5.41) is 15.5. The predicted molar refractivity (Wildman–Crippen MR) is 297 cm³/mol. The molecule has 0 aliphatic rings. The zero-order chi connectivity index (χ0) is 47.0.